The van der Waals surface area contributed by atoms with Gasteiger partial charge in [-0.2, -0.15) is 0 Å². The molecule has 0 rings (SSSR count). The predicted molar refractivity (Wildman–Crippen MR) is 253 cm³/mol. The first-order valence-corrected chi connectivity index (χ1v) is 25.0. The number of aliphatic hydroxyl groups is 2. The summed E-state index contributed by atoms with van der Waals surface area (Å²) in [6.07, 6.45) is 67.8. The van der Waals surface area contributed by atoms with Crippen molar-refractivity contribution in [2.24, 2.45) is 0 Å². The van der Waals surface area contributed by atoms with Crippen LogP contribution in [0.5, 0.6) is 0 Å². The second kappa shape index (κ2) is 48.5. The van der Waals surface area contributed by atoms with Gasteiger partial charge in [0.05, 0.1) is 18.8 Å². The van der Waals surface area contributed by atoms with Crippen LogP contribution in [0.2, 0.25) is 0 Å². The molecule has 2 atom stereocenters. The van der Waals surface area contributed by atoms with Crippen molar-refractivity contribution in [3.05, 3.63) is 60.8 Å². The summed E-state index contributed by atoms with van der Waals surface area (Å²) in [5, 5.41) is 23.1. The SMILES string of the molecule is CCCCC/C=C\C/C=C\CCCCCCCCCCCC(=O)NC(CO)C(O)/C=C/CC/C=C/CC/C=C/CCCCCCCCCCCCCCCCCC. The molecule has 0 fully saturated rings. The molecule has 0 spiro atoms. The Kier molecular flexibility index (Phi) is 46.8. The molecule has 0 aliphatic carbocycles. The lowest BCUT2D eigenvalue weighted by Gasteiger charge is -2.19. The van der Waals surface area contributed by atoms with Gasteiger partial charge in [-0.3, -0.25) is 4.79 Å². The fourth-order valence-electron chi connectivity index (χ4n) is 7.36. The molecule has 0 radical (unpaired) electrons. The van der Waals surface area contributed by atoms with Crippen LogP contribution in [0, 0.1) is 0 Å². The van der Waals surface area contributed by atoms with E-state index in [1.165, 1.54) is 186 Å². The number of amides is 1. The van der Waals surface area contributed by atoms with Crippen molar-refractivity contribution in [2.45, 2.75) is 264 Å². The maximum absolute atomic E-state index is 12.4. The predicted octanol–water partition coefficient (Wildman–Crippen LogP) is 16.1. The van der Waals surface area contributed by atoms with E-state index in [9.17, 15) is 15.0 Å². The number of rotatable bonds is 45. The Balaban J connectivity index is 3.61. The van der Waals surface area contributed by atoms with Crippen molar-refractivity contribution in [2.75, 3.05) is 6.61 Å². The summed E-state index contributed by atoms with van der Waals surface area (Å²) < 4.78 is 0. The van der Waals surface area contributed by atoms with Crippen LogP contribution in [0.1, 0.15) is 251 Å². The molecule has 4 heteroatoms. The minimum absolute atomic E-state index is 0.0828. The highest BCUT2D eigenvalue weighted by molar-refractivity contribution is 5.76. The van der Waals surface area contributed by atoms with E-state index in [-0.39, 0.29) is 12.5 Å². The minimum Gasteiger partial charge on any atom is -0.394 e. The zero-order chi connectivity index (χ0) is 41.4. The van der Waals surface area contributed by atoms with E-state index >= 15 is 0 Å². The molecule has 0 aromatic carbocycles. The summed E-state index contributed by atoms with van der Waals surface area (Å²) in [5.41, 5.74) is 0. The van der Waals surface area contributed by atoms with Gasteiger partial charge in [0.2, 0.25) is 5.91 Å². The van der Waals surface area contributed by atoms with E-state index in [1.54, 1.807) is 6.08 Å². The first kappa shape index (κ1) is 55.1. The second-order valence-corrected chi connectivity index (χ2v) is 16.9. The summed E-state index contributed by atoms with van der Waals surface area (Å²) in [7, 11) is 0. The summed E-state index contributed by atoms with van der Waals surface area (Å²) in [4.78, 5) is 12.4. The van der Waals surface area contributed by atoms with Crippen LogP contribution < -0.4 is 5.32 Å². The van der Waals surface area contributed by atoms with Gasteiger partial charge in [0, 0.05) is 6.42 Å². The molecular formula is C53H97NO3. The summed E-state index contributed by atoms with van der Waals surface area (Å²) >= 11 is 0. The third-order valence-corrected chi connectivity index (χ3v) is 11.2. The van der Waals surface area contributed by atoms with Gasteiger partial charge in [0.15, 0.2) is 0 Å². The zero-order valence-corrected chi connectivity index (χ0v) is 38.1. The van der Waals surface area contributed by atoms with E-state index in [4.69, 9.17) is 0 Å². The topological polar surface area (TPSA) is 69.6 Å². The van der Waals surface area contributed by atoms with Crippen molar-refractivity contribution < 1.29 is 15.0 Å². The standard InChI is InChI=1S/C53H97NO3/c1-3-5-7-9-11-13-15-17-19-21-23-24-25-26-27-28-29-31-32-34-36-38-40-42-44-46-48-52(56)51(50-55)54-53(57)49-47-45-43-41-39-37-35-33-30-22-20-18-16-14-12-10-8-6-4-2/h12,14,18,20,31-32,38,40,46,48,51-52,55-56H,3-11,13,15-17,19,21-30,33-37,39,41-45,47,49-50H2,1-2H3,(H,54,57)/b14-12-,20-18-,32-31+,40-38+,48-46+. The molecule has 332 valence electrons. The number of unbranched alkanes of at least 4 members (excludes halogenated alkanes) is 30. The maximum atomic E-state index is 12.4. The highest BCUT2D eigenvalue weighted by atomic mass is 16.3. The normalized spacial score (nSPS) is 13.4. The Morgan fingerprint density at radius 3 is 1.16 bits per heavy atom. The van der Waals surface area contributed by atoms with Crippen LogP contribution in [0.4, 0.5) is 0 Å². The molecule has 2 unspecified atom stereocenters. The molecule has 4 nitrogen and oxygen atoms in total. The second-order valence-electron chi connectivity index (χ2n) is 16.9. The van der Waals surface area contributed by atoms with Crippen LogP contribution in [-0.4, -0.2) is 34.9 Å². The molecular weight excluding hydrogens is 699 g/mol. The average molecular weight is 796 g/mol. The average Bonchev–Trinajstić information content (AvgIpc) is 3.22. The number of allylic oxidation sites excluding steroid dienone is 9. The lowest BCUT2D eigenvalue weighted by molar-refractivity contribution is -0.123. The van der Waals surface area contributed by atoms with Crippen LogP contribution in [0.25, 0.3) is 0 Å². The van der Waals surface area contributed by atoms with Gasteiger partial charge in [0.1, 0.15) is 0 Å². The van der Waals surface area contributed by atoms with Crippen LogP contribution >= 0.6 is 0 Å². The highest BCUT2D eigenvalue weighted by Crippen LogP contribution is 2.15. The molecule has 0 aromatic rings. The number of aliphatic hydroxyl groups excluding tert-OH is 2. The molecule has 3 N–H and O–H groups in total. The molecule has 57 heavy (non-hydrogen) atoms. The van der Waals surface area contributed by atoms with E-state index < -0.39 is 12.1 Å². The fourth-order valence-corrected chi connectivity index (χ4v) is 7.36. The zero-order valence-electron chi connectivity index (χ0n) is 38.1. The van der Waals surface area contributed by atoms with Gasteiger partial charge >= 0.3 is 0 Å². The highest BCUT2D eigenvalue weighted by Gasteiger charge is 2.17. The smallest absolute Gasteiger partial charge is 0.220 e. The Morgan fingerprint density at radius 1 is 0.421 bits per heavy atom. The Bertz CT molecular complexity index is 950. The van der Waals surface area contributed by atoms with E-state index in [0.717, 1.165) is 44.9 Å². The molecule has 0 aliphatic rings. The lowest BCUT2D eigenvalue weighted by Crippen LogP contribution is -2.45. The molecule has 0 saturated heterocycles. The number of carbonyl (C=O) groups excluding carboxylic acids is 1. The van der Waals surface area contributed by atoms with Crippen molar-refractivity contribution in [3.8, 4) is 0 Å². The van der Waals surface area contributed by atoms with Crippen LogP contribution in [0.15, 0.2) is 60.8 Å². The summed E-state index contributed by atoms with van der Waals surface area (Å²) in [6, 6.07) is -0.650. The molecule has 1 amide bonds. The van der Waals surface area contributed by atoms with Gasteiger partial charge in [-0.05, 0) is 77.0 Å². The fraction of sp³-hybridized carbons (Fsp3) is 0.792. The van der Waals surface area contributed by atoms with Gasteiger partial charge in [-0.25, -0.2) is 0 Å². The number of hydrogen-bond acceptors (Lipinski definition) is 3. The third kappa shape index (κ3) is 45.0. The first-order chi connectivity index (χ1) is 28.2. The number of carbonyl (C=O) groups is 1. The molecule has 0 heterocycles. The van der Waals surface area contributed by atoms with Gasteiger partial charge in [-0.15, -0.1) is 0 Å². The minimum atomic E-state index is -0.874. The Hall–Kier alpha value is -1.91. The van der Waals surface area contributed by atoms with Gasteiger partial charge < -0.3 is 15.5 Å². The number of hydrogen-bond donors (Lipinski definition) is 3. The summed E-state index contributed by atoms with van der Waals surface area (Å²) in [6.45, 7) is 4.28. The number of nitrogens with one attached hydrogen (secondary N) is 1. The van der Waals surface area contributed by atoms with Gasteiger partial charge in [-0.1, -0.05) is 229 Å². The molecule has 0 saturated carbocycles. The molecule has 0 bridgehead atoms. The lowest BCUT2D eigenvalue weighted by atomic mass is 10.0. The van der Waals surface area contributed by atoms with E-state index in [2.05, 4.69) is 67.8 Å². The quantitative estimate of drug-likeness (QED) is 0.0425. The monoisotopic (exact) mass is 796 g/mol. The maximum Gasteiger partial charge on any atom is 0.220 e. The summed E-state index contributed by atoms with van der Waals surface area (Å²) in [5.74, 6) is -0.0828. The van der Waals surface area contributed by atoms with Crippen LogP contribution in [-0.2, 0) is 4.79 Å². The van der Waals surface area contributed by atoms with E-state index in [1.807, 2.05) is 6.08 Å². The van der Waals surface area contributed by atoms with Crippen molar-refractivity contribution in [3.63, 3.8) is 0 Å². The van der Waals surface area contributed by atoms with Crippen LogP contribution in [0.3, 0.4) is 0 Å². The first-order valence-electron chi connectivity index (χ1n) is 25.0. The Labute approximate surface area is 356 Å². The van der Waals surface area contributed by atoms with Gasteiger partial charge in [0.25, 0.3) is 0 Å². The molecule has 0 aromatic heterocycles. The van der Waals surface area contributed by atoms with Crippen molar-refractivity contribution in [1.29, 1.82) is 0 Å². The van der Waals surface area contributed by atoms with E-state index in [0.29, 0.717) is 6.42 Å². The largest absolute Gasteiger partial charge is 0.394 e. The van der Waals surface area contributed by atoms with Crippen molar-refractivity contribution in [1.82, 2.24) is 5.32 Å². The Morgan fingerprint density at radius 2 is 0.737 bits per heavy atom. The van der Waals surface area contributed by atoms with Crippen molar-refractivity contribution >= 4 is 5.91 Å². The molecule has 0 aliphatic heterocycles. The third-order valence-electron chi connectivity index (χ3n) is 11.2.